The van der Waals surface area contributed by atoms with Crippen molar-refractivity contribution in [1.29, 1.82) is 0 Å². The van der Waals surface area contributed by atoms with Gasteiger partial charge in [-0.25, -0.2) is 9.48 Å². The molecule has 220 valence electrons. The van der Waals surface area contributed by atoms with E-state index in [1.165, 1.54) is 6.07 Å². The van der Waals surface area contributed by atoms with E-state index in [1.54, 1.807) is 57.2 Å². The molecular formula is C31H32F3N5O3. The summed E-state index contributed by atoms with van der Waals surface area (Å²) in [4.78, 5) is 32.4. The fraction of sp³-hybridized carbons (Fsp3) is 0.258. The highest BCUT2D eigenvalue weighted by Gasteiger charge is 2.36. The van der Waals surface area contributed by atoms with Crippen LogP contribution < -0.4 is 15.7 Å². The molecule has 0 fully saturated rings. The summed E-state index contributed by atoms with van der Waals surface area (Å²) in [5.74, 6) is -1.22. The third-order valence-corrected chi connectivity index (χ3v) is 6.24. The highest BCUT2D eigenvalue weighted by atomic mass is 19.4. The first-order valence-electron chi connectivity index (χ1n) is 13.2. The molecule has 0 saturated heterocycles. The van der Waals surface area contributed by atoms with Crippen molar-refractivity contribution in [3.8, 4) is 5.69 Å². The SMILES string of the molecule is CN(Cc1cccc(NC(=O)c2cc(C(F)(F)F)nn2-c2cccc(CNOC(=O)C(C)(C)C)c2)c1)c1ccccc1. The van der Waals surface area contributed by atoms with Crippen LogP contribution in [0.25, 0.3) is 5.69 Å². The van der Waals surface area contributed by atoms with E-state index in [0.717, 1.165) is 22.0 Å². The van der Waals surface area contributed by atoms with Crippen LogP contribution in [0.5, 0.6) is 0 Å². The number of hydroxylamine groups is 1. The number of nitrogens with zero attached hydrogens (tertiary/aromatic N) is 3. The number of aromatic nitrogens is 2. The summed E-state index contributed by atoms with van der Waals surface area (Å²) in [5, 5.41) is 6.41. The Bertz CT molecular complexity index is 1550. The second kappa shape index (κ2) is 12.5. The molecule has 0 saturated carbocycles. The first-order chi connectivity index (χ1) is 19.8. The lowest BCUT2D eigenvalue weighted by molar-refractivity contribution is -0.161. The molecule has 3 aromatic carbocycles. The Labute approximate surface area is 242 Å². The predicted molar refractivity (Wildman–Crippen MR) is 154 cm³/mol. The van der Waals surface area contributed by atoms with Gasteiger partial charge in [0.05, 0.1) is 17.6 Å². The van der Waals surface area contributed by atoms with Gasteiger partial charge in [0.1, 0.15) is 5.69 Å². The highest BCUT2D eigenvalue weighted by Crippen LogP contribution is 2.30. The molecule has 2 N–H and O–H groups in total. The second-order valence-corrected chi connectivity index (χ2v) is 10.8. The number of para-hydroxylation sites is 1. The van der Waals surface area contributed by atoms with Gasteiger partial charge in [-0.2, -0.15) is 18.3 Å². The molecule has 0 aliphatic heterocycles. The molecule has 0 radical (unpaired) electrons. The van der Waals surface area contributed by atoms with Gasteiger partial charge in [-0.15, -0.1) is 5.48 Å². The molecule has 0 aliphatic carbocycles. The minimum Gasteiger partial charge on any atom is -0.370 e. The number of nitrogens with one attached hydrogen (secondary N) is 2. The molecule has 42 heavy (non-hydrogen) atoms. The molecule has 0 spiro atoms. The van der Waals surface area contributed by atoms with E-state index in [4.69, 9.17) is 4.84 Å². The van der Waals surface area contributed by atoms with Crippen molar-refractivity contribution >= 4 is 23.3 Å². The number of rotatable bonds is 9. The number of hydrogen-bond donors (Lipinski definition) is 2. The minimum absolute atomic E-state index is 0.0921. The first kappa shape index (κ1) is 30.3. The van der Waals surface area contributed by atoms with Gasteiger partial charge < -0.3 is 15.1 Å². The van der Waals surface area contributed by atoms with Crippen LogP contribution in [0, 0.1) is 5.41 Å². The molecule has 0 bridgehead atoms. The van der Waals surface area contributed by atoms with Crippen molar-refractivity contribution in [2.75, 3.05) is 17.3 Å². The van der Waals surface area contributed by atoms with Crippen LogP contribution in [0.4, 0.5) is 24.5 Å². The zero-order valence-electron chi connectivity index (χ0n) is 23.7. The van der Waals surface area contributed by atoms with Gasteiger partial charge in [0, 0.05) is 31.0 Å². The van der Waals surface area contributed by atoms with Crippen LogP contribution in [0.15, 0.2) is 84.9 Å². The standard InChI is InChI=1S/C31H32F3N5O3/c1-30(2,3)29(41)42-35-19-21-10-9-15-25(17-21)39-26(18-27(37-39)31(32,33)34)28(40)36-23-12-8-11-22(16-23)20-38(4)24-13-6-5-7-14-24/h5-18,35H,19-20H2,1-4H3,(H,36,40). The smallest absolute Gasteiger partial charge is 0.370 e. The summed E-state index contributed by atoms with van der Waals surface area (Å²) in [6.07, 6.45) is -4.76. The van der Waals surface area contributed by atoms with E-state index in [1.807, 2.05) is 48.3 Å². The molecule has 4 rings (SSSR count). The molecule has 1 heterocycles. The minimum atomic E-state index is -4.76. The normalized spacial score (nSPS) is 11.7. The highest BCUT2D eigenvalue weighted by molar-refractivity contribution is 6.03. The van der Waals surface area contributed by atoms with Crippen LogP contribution in [0.1, 0.15) is 48.1 Å². The van der Waals surface area contributed by atoms with Crippen molar-refractivity contribution in [3.05, 3.63) is 107 Å². The molecule has 1 amide bonds. The number of halogens is 3. The predicted octanol–water partition coefficient (Wildman–Crippen LogP) is 6.37. The van der Waals surface area contributed by atoms with Crippen molar-refractivity contribution in [2.24, 2.45) is 5.41 Å². The summed E-state index contributed by atoms with van der Waals surface area (Å²) >= 11 is 0. The first-order valence-corrected chi connectivity index (χ1v) is 13.2. The van der Waals surface area contributed by atoms with Crippen molar-refractivity contribution in [1.82, 2.24) is 15.3 Å². The van der Waals surface area contributed by atoms with Crippen molar-refractivity contribution in [2.45, 2.75) is 40.0 Å². The van der Waals surface area contributed by atoms with Gasteiger partial charge in [-0.05, 0) is 68.3 Å². The van der Waals surface area contributed by atoms with E-state index in [-0.39, 0.29) is 17.9 Å². The van der Waals surface area contributed by atoms with Gasteiger partial charge in [0.2, 0.25) is 0 Å². The summed E-state index contributed by atoms with van der Waals surface area (Å²) in [5.41, 5.74) is 3.54. The van der Waals surface area contributed by atoms with Crippen LogP contribution in [0.3, 0.4) is 0 Å². The molecule has 0 aliphatic rings. The summed E-state index contributed by atoms with van der Waals surface area (Å²) in [6, 6.07) is 24.0. The molecule has 4 aromatic rings. The maximum absolute atomic E-state index is 13.6. The van der Waals surface area contributed by atoms with Crippen molar-refractivity contribution in [3.63, 3.8) is 0 Å². The van der Waals surface area contributed by atoms with E-state index < -0.39 is 29.2 Å². The largest absolute Gasteiger partial charge is 0.435 e. The lowest BCUT2D eigenvalue weighted by atomic mass is 9.98. The number of carbonyl (C=O) groups excluding carboxylic acids is 2. The molecule has 8 nitrogen and oxygen atoms in total. The fourth-order valence-corrected chi connectivity index (χ4v) is 4.00. The van der Waals surface area contributed by atoms with Crippen molar-refractivity contribution < 1.29 is 27.6 Å². The monoisotopic (exact) mass is 579 g/mol. The Morgan fingerprint density at radius 2 is 1.60 bits per heavy atom. The quantitative estimate of drug-likeness (QED) is 0.224. The average molecular weight is 580 g/mol. The lowest BCUT2D eigenvalue weighted by Crippen LogP contribution is -2.29. The molecular weight excluding hydrogens is 547 g/mol. The van der Waals surface area contributed by atoms with Gasteiger partial charge in [0.25, 0.3) is 5.91 Å². The Kier molecular flexibility index (Phi) is 9.01. The number of benzene rings is 3. The maximum atomic E-state index is 13.6. The number of anilines is 2. The summed E-state index contributed by atoms with van der Waals surface area (Å²) in [7, 11) is 1.94. The second-order valence-electron chi connectivity index (χ2n) is 10.8. The van der Waals surface area contributed by atoms with Gasteiger partial charge in [-0.3, -0.25) is 4.79 Å². The number of alkyl halides is 3. The molecule has 11 heteroatoms. The number of carbonyl (C=O) groups is 2. The average Bonchev–Trinajstić information content (AvgIpc) is 3.40. The van der Waals surface area contributed by atoms with E-state index in [9.17, 15) is 22.8 Å². The number of hydrogen-bond acceptors (Lipinski definition) is 6. The molecule has 0 atom stereocenters. The third-order valence-electron chi connectivity index (χ3n) is 6.24. The van der Waals surface area contributed by atoms with Gasteiger partial charge in [-0.1, -0.05) is 42.5 Å². The Hall–Kier alpha value is -4.64. The Balaban J connectivity index is 1.54. The van der Waals surface area contributed by atoms with Crippen LogP contribution in [-0.2, 0) is 28.9 Å². The molecule has 1 aromatic heterocycles. The van der Waals surface area contributed by atoms with Gasteiger partial charge in [0.15, 0.2) is 5.69 Å². The van der Waals surface area contributed by atoms with Crippen LogP contribution >= 0.6 is 0 Å². The summed E-state index contributed by atoms with van der Waals surface area (Å²) in [6.45, 7) is 5.77. The van der Waals surface area contributed by atoms with Gasteiger partial charge >= 0.3 is 12.1 Å². The van der Waals surface area contributed by atoms with E-state index >= 15 is 0 Å². The lowest BCUT2D eigenvalue weighted by Gasteiger charge is -2.19. The Morgan fingerprint density at radius 1 is 0.905 bits per heavy atom. The topological polar surface area (TPSA) is 88.5 Å². The zero-order valence-corrected chi connectivity index (χ0v) is 23.7. The van der Waals surface area contributed by atoms with E-state index in [0.29, 0.717) is 17.8 Å². The Morgan fingerprint density at radius 3 is 2.29 bits per heavy atom. The number of amides is 1. The van der Waals surface area contributed by atoms with E-state index in [2.05, 4.69) is 15.9 Å². The molecule has 0 unspecified atom stereocenters. The fourth-order valence-electron chi connectivity index (χ4n) is 4.00. The summed E-state index contributed by atoms with van der Waals surface area (Å²) < 4.78 is 41.9. The van der Waals surface area contributed by atoms with Crippen LogP contribution in [-0.4, -0.2) is 28.7 Å². The van der Waals surface area contributed by atoms with Crippen LogP contribution in [0.2, 0.25) is 0 Å². The maximum Gasteiger partial charge on any atom is 0.435 e. The zero-order chi connectivity index (χ0) is 30.5. The third kappa shape index (κ3) is 7.76.